The van der Waals surface area contributed by atoms with Gasteiger partial charge in [0.2, 0.25) is 17.5 Å². The van der Waals surface area contributed by atoms with Crippen LogP contribution in [-0.2, 0) is 11.3 Å². The molecule has 164 valence electrons. The summed E-state index contributed by atoms with van der Waals surface area (Å²) in [7, 11) is 0. The SMILES string of the molecule is N#Cc1nc(-c2ccco2)oc1N1CCC(C(=O)N(Cc2ccc(F)cc2)C2CC2)CC1. The molecule has 1 saturated carbocycles. The fourth-order valence-electron chi connectivity index (χ4n) is 4.23. The Morgan fingerprint density at radius 1 is 1.19 bits per heavy atom. The van der Waals surface area contributed by atoms with Crippen LogP contribution in [0.2, 0.25) is 0 Å². The molecule has 32 heavy (non-hydrogen) atoms. The average Bonchev–Trinajstić information content (AvgIpc) is 3.33. The minimum atomic E-state index is -0.273. The summed E-state index contributed by atoms with van der Waals surface area (Å²) < 4.78 is 24.4. The highest BCUT2D eigenvalue weighted by Gasteiger charge is 2.37. The van der Waals surface area contributed by atoms with Crippen molar-refractivity contribution in [3.63, 3.8) is 0 Å². The van der Waals surface area contributed by atoms with Crippen molar-refractivity contribution in [3.05, 3.63) is 59.7 Å². The molecule has 5 rings (SSSR count). The number of hydrogen-bond donors (Lipinski definition) is 0. The maximum atomic E-state index is 13.3. The summed E-state index contributed by atoms with van der Waals surface area (Å²) in [5, 5.41) is 9.48. The first-order chi connectivity index (χ1) is 15.6. The molecule has 1 aliphatic heterocycles. The molecule has 8 heteroatoms. The van der Waals surface area contributed by atoms with Crippen molar-refractivity contribution < 1.29 is 18.0 Å². The number of nitrogens with zero attached hydrogens (tertiary/aromatic N) is 4. The number of benzene rings is 1. The van der Waals surface area contributed by atoms with Gasteiger partial charge in [0, 0.05) is 31.6 Å². The van der Waals surface area contributed by atoms with Crippen LogP contribution in [0, 0.1) is 23.1 Å². The standard InChI is InChI=1S/C24H23FN4O3/c25-18-5-3-16(4-6-18)15-29(19-7-8-19)23(30)17-9-11-28(12-10-17)24-20(14-26)27-22(32-24)21-2-1-13-31-21/h1-6,13,17,19H,7-12,15H2. The third kappa shape index (κ3) is 4.11. The zero-order chi connectivity index (χ0) is 22.1. The second-order valence-corrected chi connectivity index (χ2v) is 8.35. The second kappa shape index (κ2) is 8.50. The Morgan fingerprint density at radius 2 is 1.94 bits per heavy atom. The molecule has 0 unspecified atom stereocenters. The van der Waals surface area contributed by atoms with Crippen molar-refractivity contribution in [2.45, 2.75) is 38.3 Å². The third-order valence-corrected chi connectivity index (χ3v) is 6.12. The van der Waals surface area contributed by atoms with E-state index < -0.39 is 0 Å². The molecule has 1 aliphatic carbocycles. The van der Waals surface area contributed by atoms with Crippen molar-refractivity contribution in [3.8, 4) is 17.7 Å². The Hall–Kier alpha value is -3.60. The number of oxazole rings is 1. The molecular weight excluding hydrogens is 411 g/mol. The van der Waals surface area contributed by atoms with Gasteiger partial charge in [-0.15, -0.1) is 0 Å². The van der Waals surface area contributed by atoms with E-state index in [1.165, 1.54) is 18.4 Å². The largest absolute Gasteiger partial charge is 0.459 e. The Bertz CT molecular complexity index is 1120. The van der Waals surface area contributed by atoms with Gasteiger partial charge >= 0.3 is 0 Å². The molecule has 1 amide bonds. The molecule has 2 aliphatic rings. The molecule has 0 atom stereocenters. The zero-order valence-corrected chi connectivity index (χ0v) is 17.5. The Labute approximate surface area is 185 Å². The van der Waals surface area contributed by atoms with Gasteiger partial charge in [-0.2, -0.15) is 10.2 Å². The summed E-state index contributed by atoms with van der Waals surface area (Å²) in [5.41, 5.74) is 1.16. The van der Waals surface area contributed by atoms with Gasteiger partial charge in [0.05, 0.1) is 6.26 Å². The minimum absolute atomic E-state index is 0.0784. The first kappa shape index (κ1) is 20.3. The van der Waals surface area contributed by atoms with Gasteiger partial charge in [-0.1, -0.05) is 12.1 Å². The molecule has 0 radical (unpaired) electrons. The van der Waals surface area contributed by atoms with Crippen LogP contribution in [-0.4, -0.2) is 34.9 Å². The van der Waals surface area contributed by atoms with Gasteiger partial charge in [-0.05, 0) is 55.5 Å². The molecule has 1 saturated heterocycles. The minimum Gasteiger partial charge on any atom is -0.459 e. The van der Waals surface area contributed by atoms with Crippen LogP contribution >= 0.6 is 0 Å². The number of anilines is 1. The summed E-state index contributed by atoms with van der Waals surface area (Å²) >= 11 is 0. The van der Waals surface area contributed by atoms with E-state index in [1.54, 1.807) is 24.3 Å². The lowest BCUT2D eigenvalue weighted by molar-refractivity contribution is -0.137. The molecule has 3 heterocycles. The number of halogens is 1. The number of carbonyl (C=O) groups is 1. The number of aromatic nitrogens is 1. The summed E-state index contributed by atoms with van der Waals surface area (Å²) in [5.74, 6) is 0.980. The van der Waals surface area contributed by atoms with Crippen LogP contribution in [0.4, 0.5) is 10.3 Å². The number of carbonyl (C=O) groups excluding carboxylic acids is 1. The van der Waals surface area contributed by atoms with E-state index in [-0.39, 0.29) is 35.3 Å². The van der Waals surface area contributed by atoms with E-state index >= 15 is 0 Å². The normalized spacial score (nSPS) is 16.7. The highest BCUT2D eigenvalue weighted by Crippen LogP contribution is 2.34. The zero-order valence-electron chi connectivity index (χ0n) is 17.5. The van der Waals surface area contributed by atoms with Crippen LogP contribution in [0.3, 0.4) is 0 Å². The highest BCUT2D eigenvalue weighted by molar-refractivity contribution is 5.80. The van der Waals surface area contributed by atoms with Gasteiger partial charge < -0.3 is 18.6 Å². The monoisotopic (exact) mass is 434 g/mol. The highest BCUT2D eigenvalue weighted by atomic mass is 19.1. The lowest BCUT2D eigenvalue weighted by Crippen LogP contribution is -2.43. The molecule has 7 nitrogen and oxygen atoms in total. The lowest BCUT2D eigenvalue weighted by Gasteiger charge is -2.34. The number of rotatable bonds is 6. The van der Waals surface area contributed by atoms with E-state index in [2.05, 4.69) is 11.1 Å². The maximum absolute atomic E-state index is 13.3. The third-order valence-electron chi connectivity index (χ3n) is 6.12. The van der Waals surface area contributed by atoms with Crippen molar-refractivity contribution in [1.82, 2.24) is 9.88 Å². The number of hydrogen-bond acceptors (Lipinski definition) is 6. The van der Waals surface area contributed by atoms with Crippen LogP contribution < -0.4 is 4.90 Å². The molecule has 0 spiro atoms. The summed E-state index contributed by atoms with van der Waals surface area (Å²) in [6.45, 7) is 1.72. The summed E-state index contributed by atoms with van der Waals surface area (Å²) in [6, 6.07) is 12.2. The fourth-order valence-corrected chi connectivity index (χ4v) is 4.23. The van der Waals surface area contributed by atoms with E-state index in [1.807, 2.05) is 9.80 Å². The quantitative estimate of drug-likeness (QED) is 0.573. The van der Waals surface area contributed by atoms with Crippen LogP contribution in [0.15, 0.2) is 51.5 Å². The Balaban J connectivity index is 1.25. The van der Waals surface area contributed by atoms with Gasteiger partial charge in [-0.25, -0.2) is 4.39 Å². The maximum Gasteiger partial charge on any atom is 0.266 e. The lowest BCUT2D eigenvalue weighted by atomic mass is 9.95. The van der Waals surface area contributed by atoms with E-state index in [0.717, 1.165) is 18.4 Å². The van der Waals surface area contributed by atoms with Gasteiger partial charge in [-0.3, -0.25) is 4.79 Å². The topological polar surface area (TPSA) is 86.5 Å². The summed E-state index contributed by atoms with van der Waals surface area (Å²) in [6.07, 6.45) is 4.91. The van der Waals surface area contributed by atoms with Gasteiger partial charge in [0.25, 0.3) is 5.89 Å². The van der Waals surface area contributed by atoms with Gasteiger partial charge in [0.1, 0.15) is 11.9 Å². The van der Waals surface area contributed by atoms with Crippen molar-refractivity contribution in [2.24, 2.45) is 5.92 Å². The Kier molecular flexibility index (Phi) is 5.39. The predicted molar refractivity (Wildman–Crippen MR) is 114 cm³/mol. The molecule has 0 N–H and O–H groups in total. The van der Waals surface area contributed by atoms with E-state index in [9.17, 15) is 14.4 Å². The molecule has 2 aromatic heterocycles. The first-order valence-corrected chi connectivity index (χ1v) is 10.9. The van der Waals surface area contributed by atoms with E-state index in [4.69, 9.17) is 8.83 Å². The number of piperidine rings is 1. The van der Waals surface area contributed by atoms with Gasteiger partial charge in [0.15, 0.2) is 5.76 Å². The van der Waals surface area contributed by atoms with Crippen LogP contribution in [0.25, 0.3) is 11.7 Å². The predicted octanol–water partition coefficient (Wildman–Crippen LogP) is 4.35. The number of amides is 1. The van der Waals surface area contributed by atoms with Crippen molar-refractivity contribution in [2.75, 3.05) is 18.0 Å². The van der Waals surface area contributed by atoms with Crippen molar-refractivity contribution in [1.29, 1.82) is 5.26 Å². The second-order valence-electron chi connectivity index (χ2n) is 8.35. The summed E-state index contributed by atoms with van der Waals surface area (Å²) in [4.78, 5) is 21.5. The van der Waals surface area contributed by atoms with Crippen molar-refractivity contribution >= 4 is 11.8 Å². The molecular formula is C24H23FN4O3. The van der Waals surface area contributed by atoms with Crippen LogP contribution in [0.1, 0.15) is 36.9 Å². The smallest absolute Gasteiger partial charge is 0.266 e. The molecule has 0 bridgehead atoms. The number of furan rings is 1. The molecule has 1 aromatic carbocycles. The number of nitriles is 1. The van der Waals surface area contributed by atoms with E-state index in [0.29, 0.717) is 44.1 Å². The first-order valence-electron chi connectivity index (χ1n) is 10.9. The Morgan fingerprint density at radius 3 is 2.56 bits per heavy atom. The fraction of sp³-hybridized carbons (Fsp3) is 0.375. The van der Waals surface area contributed by atoms with Crippen LogP contribution in [0.5, 0.6) is 0 Å². The average molecular weight is 434 g/mol. The molecule has 3 aromatic rings. The molecule has 2 fully saturated rings.